The number of benzene rings is 2. The molecule has 1 atom stereocenters. The van der Waals surface area contributed by atoms with Crippen molar-refractivity contribution in [1.29, 1.82) is 0 Å². The van der Waals surface area contributed by atoms with Gasteiger partial charge in [0.1, 0.15) is 11.6 Å². The number of hydrogen-bond donors (Lipinski definition) is 1. The number of rotatable bonds is 4. The molecular formula is C15H14F2N2O2. The van der Waals surface area contributed by atoms with E-state index in [9.17, 15) is 18.9 Å². The van der Waals surface area contributed by atoms with Gasteiger partial charge in [-0.25, -0.2) is 8.78 Å². The molecule has 1 unspecified atom stereocenters. The van der Waals surface area contributed by atoms with E-state index < -0.39 is 22.6 Å². The maximum atomic E-state index is 13.7. The Kier molecular flexibility index (Phi) is 4.16. The van der Waals surface area contributed by atoms with Gasteiger partial charge in [0.2, 0.25) is 0 Å². The van der Waals surface area contributed by atoms with Gasteiger partial charge in [-0.05, 0) is 26.0 Å². The zero-order valence-corrected chi connectivity index (χ0v) is 11.6. The minimum Gasteiger partial charge on any atom is -0.378 e. The Hall–Kier alpha value is -2.50. The molecular weight excluding hydrogens is 278 g/mol. The predicted octanol–water partition coefficient (Wildman–Crippen LogP) is 4.35. The lowest BCUT2D eigenvalue weighted by Crippen LogP contribution is -2.09. The van der Waals surface area contributed by atoms with Crippen LogP contribution in [0.15, 0.2) is 36.4 Å². The summed E-state index contributed by atoms with van der Waals surface area (Å²) in [5, 5.41) is 13.9. The lowest BCUT2D eigenvalue weighted by atomic mass is 10.1. The van der Waals surface area contributed by atoms with Crippen LogP contribution in [0.2, 0.25) is 0 Å². The van der Waals surface area contributed by atoms with E-state index in [4.69, 9.17) is 0 Å². The molecule has 0 aliphatic rings. The summed E-state index contributed by atoms with van der Waals surface area (Å²) in [6, 6.07) is 7.58. The number of nitrogens with one attached hydrogen (secondary N) is 1. The van der Waals surface area contributed by atoms with Gasteiger partial charge in [0.05, 0.1) is 11.0 Å². The summed E-state index contributed by atoms with van der Waals surface area (Å²) >= 11 is 0. The van der Waals surface area contributed by atoms with Crippen molar-refractivity contribution in [3.8, 4) is 0 Å². The van der Waals surface area contributed by atoms with Gasteiger partial charge in [-0.3, -0.25) is 10.1 Å². The second-order valence-corrected chi connectivity index (χ2v) is 4.79. The molecule has 2 aromatic rings. The van der Waals surface area contributed by atoms with Crippen LogP contribution in [0.1, 0.15) is 24.1 Å². The summed E-state index contributed by atoms with van der Waals surface area (Å²) in [6.45, 7) is 3.34. The first kappa shape index (κ1) is 14.9. The van der Waals surface area contributed by atoms with Crippen LogP contribution in [-0.2, 0) is 0 Å². The van der Waals surface area contributed by atoms with Crippen molar-refractivity contribution in [3.63, 3.8) is 0 Å². The van der Waals surface area contributed by atoms with E-state index in [1.807, 2.05) is 0 Å². The number of anilines is 1. The Bertz CT molecular complexity index is 689. The second kappa shape index (κ2) is 5.87. The van der Waals surface area contributed by atoms with Gasteiger partial charge < -0.3 is 5.32 Å². The van der Waals surface area contributed by atoms with Gasteiger partial charge in [0.15, 0.2) is 0 Å². The molecule has 1 N–H and O–H groups in total. The number of hydrogen-bond acceptors (Lipinski definition) is 3. The third-order valence-electron chi connectivity index (χ3n) is 3.22. The van der Waals surface area contributed by atoms with Crippen LogP contribution < -0.4 is 5.32 Å². The Morgan fingerprint density at radius 1 is 1.19 bits per heavy atom. The number of nitro benzene ring substituents is 1. The van der Waals surface area contributed by atoms with E-state index in [-0.39, 0.29) is 5.69 Å². The number of aryl methyl sites for hydroxylation is 1. The highest BCUT2D eigenvalue weighted by molar-refractivity contribution is 5.55. The summed E-state index contributed by atoms with van der Waals surface area (Å²) in [4.78, 5) is 10.4. The minimum absolute atomic E-state index is 0.00761. The first-order valence-corrected chi connectivity index (χ1v) is 6.35. The lowest BCUT2D eigenvalue weighted by molar-refractivity contribution is -0.385. The molecule has 2 aromatic carbocycles. The van der Waals surface area contributed by atoms with Crippen molar-refractivity contribution >= 4 is 11.4 Å². The highest BCUT2D eigenvalue weighted by atomic mass is 19.1. The Balaban J connectivity index is 2.25. The summed E-state index contributed by atoms with van der Waals surface area (Å²) < 4.78 is 26.6. The SMILES string of the molecule is Cc1ccc(NC(C)c2ccc(F)cc2F)cc1[N+](=O)[O-]. The van der Waals surface area contributed by atoms with Crippen LogP contribution in [0, 0.1) is 28.7 Å². The molecule has 0 aliphatic heterocycles. The maximum Gasteiger partial charge on any atom is 0.274 e. The molecule has 6 heteroatoms. The summed E-state index contributed by atoms with van der Waals surface area (Å²) in [5.41, 5.74) is 1.33. The fraction of sp³-hybridized carbons (Fsp3) is 0.200. The van der Waals surface area contributed by atoms with E-state index in [0.717, 1.165) is 6.07 Å². The summed E-state index contributed by atoms with van der Waals surface area (Å²) in [5.74, 6) is -1.30. The largest absolute Gasteiger partial charge is 0.378 e. The van der Waals surface area contributed by atoms with E-state index in [0.29, 0.717) is 16.8 Å². The topological polar surface area (TPSA) is 55.2 Å². The molecule has 0 spiro atoms. The lowest BCUT2D eigenvalue weighted by Gasteiger charge is -2.16. The summed E-state index contributed by atoms with van der Waals surface area (Å²) in [7, 11) is 0. The fourth-order valence-corrected chi connectivity index (χ4v) is 2.08. The van der Waals surface area contributed by atoms with Gasteiger partial charge in [-0.1, -0.05) is 12.1 Å². The number of nitrogens with zero attached hydrogens (tertiary/aromatic N) is 1. The molecule has 0 radical (unpaired) electrons. The molecule has 2 rings (SSSR count). The smallest absolute Gasteiger partial charge is 0.274 e. The second-order valence-electron chi connectivity index (χ2n) is 4.79. The Labute approximate surface area is 120 Å². The van der Waals surface area contributed by atoms with E-state index in [1.165, 1.54) is 18.2 Å². The molecule has 0 aromatic heterocycles. The third kappa shape index (κ3) is 3.34. The molecule has 0 fully saturated rings. The molecule has 110 valence electrons. The highest BCUT2D eigenvalue weighted by Gasteiger charge is 2.15. The molecule has 21 heavy (non-hydrogen) atoms. The number of nitro groups is 1. The van der Waals surface area contributed by atoms with E-state index >= 15 is 0 Å². The van der Waals surface area contributed by atoms with Crippen LogP contribution in [-0.4, -0.2) is 4.92 Å². The van der Waals surface area contributed by atoms with Crippen molar-refractivity contribution in [2.45, 2.75) is 19.9 Å². The molecule has 4 nitrogen and oxygen atoms in total. The van der Waals surface area contributed by atoms with Crippen LogP contribution in [0.25, 0.3) is 0 Å². The van der Waals surface area contributed by atoms with E-state index in [1.54, 1.807) is 26.0 Å². The van der Waals surface area contributed by atoms with Crippen LogP contribution in [0.4, 0.5) is 20.2 Å². The quantitative estimate of drug-likeness (QED) is 0.673. The zero-order valence-electron chi connectivity index (χ0n) is 11.6. The predicted molar refractivity (Wildman–Crippen MR) is 76.2 cm³/mol. The Morgan fingerprint density at radius 3 is 2.52 bits per heavy atom. The standard InChI is InChI=1S/C15H14F2N2O2/c1-9-3-5-12(8-15(9)19(20)21)18-10(2)13-6-4-11(16)7-14(13)17/h3-8,10,18H,1-2H3. The van der Waals surface area contributed by atoms with E-state index in [2.05, 4.69) is 5.32 Å². The van der Waals surface area contributed by atoms with Gasteiger partial charge in [0, 0.05) is 28.9 Å². The van der Waals surface area contributed by atoms with Gasteiger partial charge in [-0.2, -0.15) is 0 Å². The molecule has 0 aliphatic carbocycles. The monoisotopic (exact) mass is 292 g/mol. The minimum atomic E-state index is -0.656. The van der Waals surface area contributed by atoms with Gasteiger partial charge >= 0.3 is 0 Å². The van der Waals surface area contributed by atoms with Crippen molar-refractivity contribution in [2.24, 2.45) is 0 Å². The fourth-order valence-electron chi connectivity index (χ4n) is 2.08. The van der Waals surface area contributed by atoms with Crippen LogP contribution in [0.3, 0.4) is 0 Å². The van der Waals surface area contributed by atoms with Gasteiger partial charge in [-0.15, -0.1) is 0 Å². The highest BCUT2D eigenvalue weighted by Crippen LogP contribution is 2.26. The Morgan fingerprint density at radius 2 is 1.90 bits per heavy atom. The van der Waals surface area contributed by atoms with Gasteiger partial charge in [0.25, 0.3) is 5.69 Å². The maximum absolute atomic E-state index is 13.7. The average Bonchev–Trinajstić information content (AvgIpc) is 2.40. The average molecular weight is 292 g/mol. The molecule has 0 bridgehead atoms. The molecule has 0 saturated heterocycles. The van der Waals surface area contributed by atoms with Crippen molar-refractivity contribution < 1.29 is 13.7 Å². The summed E-state index contributed by atoms with van der Waals surface area (Å²) in [6.07, 6.45) is 0. The van der Waals surface area contributed by atoms with Crippen LogP contribution in [0.5, 0.6) is 0 Å². The van der Waals surface area contributed by atoms with Crippen molar-refractivity contribution in [2.75, 3.05) is 5.32 Å². The third-order valence-corrected chi connectivity index (χ3v) is 3.22. The van der Waals surface area contributed by atoms with Crippen molar-refractivity contribution in [3.05, 3.63) is 69.3 Å². The molecule has 0 amide bonds. The van der Waals surface area contributed by atoms with Crippen molar-refractivity contribution in [1.82, 2.24) is 0 Å². The zero-order chi connectivity index (χ0) is 15.6. The first-order valence-electron chi connectivity index (χ1n) is 6.35. The normalized spacial score (nSPS) is 12.0. The first-order chi connectivity index (χ1) is 9.88. The molecule has 0 heterocycles. The van der Waals surface area contributed by atoms with Crippen LogP contribution >= 0.6 is 0 Å². The molecule has 0 saturated carbocycles. The number of halogens is 2.